The van der Waals surface area contributed by atoms with Crippen LogP contribution in [0.2, 0.25) is 5.02 Å². The Balaban J connectivity index is 1.40. The first-order valence-corrected chi connectivity index (χ1v) is 9.20. The maximum Gasteiger partial charge on any atom is 0.270 e. The van der Waals surface area contributed by atoms with Crippen LogP contribution in [0.5, 0.6) is 0 Å². The molecule has 0 fully saturated rings. The number of thiazole rings is 1. The second kappa shape index (κ2) is 8.64. The Morgan fingerprint density at radius 1 is 1.19 bits per heavy atom. The predicted octanol–water partition coefficient (Wildman–Crippen LogP) is 4.21. The number of furan rings is 1. The predicted molar refractivity (Wildman–Crippen MR) is 101 cm³/mol. The first-order valence-electron chi connectivity index (χ1n) is 7.95. The summed E-state index contributed by atoms with van der Waals surface area (Å²) in [7, 11) is 0. The van der Waals surface area contributed by atoms with Crippen LogP contribution >= 0.6 is 22.9 Å². The van der Waals surface area contributed by atoms with E-state index in [1.165, 1.54) is 11.3 Å². The summed E-state index contributed by atoms with van der Waals surface area (Å²) in [6, 6.07) is 10.5. The molecule has 0 aliphatic rings. The summed E-state index contributed by atoms with van der Waals surface area (Å²) in [4.78, 5) is 28.2. The molecule has 3 rings (SSSR count). The fourth-order valence-electron chi connectivity index (χ4n) is 2.19. The van der Waals surface area contributed by atoms with E-state index in [4.69, 9.17) is 16.0 Å². The zero-order chi connectivity index (χ0) is 18.4. The topological polar surface area (TPSA) is 84.2 Å². The number of benzene rings is 1. The first kappa shape index (κ1) is 18.2. The number of anilines is 1. The van der Waals surface area contributed by atoms with Crippen LogP contribution in [0.15, 0.2) is 52.5 Å². The maximum atomic E-state index is 12.1. The lowest BCUT2D eigenvalue weighted by molar-refractivity contribution is -0.116. The molecule has 2 aromatic heterocycles. The van der Waals surface area contributed by atoms with Gasteiger partial charge in [-0.2, -0.15) is 0 Å². The lowest BCUT2D eigenvalue weighted by Gasteiger charge is -2.06. The van der Waals surface area contributed by atoms with Crippen LogP contribution in [-0.4, -0.2) is 23.3 Å². The highest BCUT2D eigenvalue weighted by Gasteiger charge is 2.13. The van der Waals surface area contributed by atoms with Gasteiger partial charge in [0.15, 0.2) is 10.8 Å². The number of carbonyl (C=O) groups excluding carboxylic acids is 2. The molecule has 0 unspecified atom stereocenters. The molecular weight excluding hydrogens is 374 g/mol. The maximum absolute atomic E-state index is 12.1. The Hall–Kier alpha value is -2.64. The van der Waals surface area contributed by atoms with Gasteiger partial charge in [-0.25, -0.2) is 4.98 Å². The lowest BCUT2D eigenvalue weighted by Crippen LogP contribution is -2.25. The number of hydrogen-bond donors (Lipinski definition) is 2. The van der Waals surface area contributed by atoms with Gasteiger partial charge in [-0.3, -0.25) is 9.59 Å². The quantitative estimate of drug-likeness (QED) is 0.593. The average Bonchev–Trinajstić information content (AvgIpc) is 3.31. The van der Waals surface area contributed by atoms with Gasteiger partial charge < -0.3 is 15.1 Å². The van der Waals surface area contributed by atoms with Gasteiger partial charge >= 0.3 is 0 Å². The molecule has 2 amide bonds. The largest absolute Gasteiger partial charge is 0.462 e. The Labute approximate surface area is 159 Å². The van der Waals surface area contributed by atoms with Crippen LogP contribution in [0.1, 0.15) is 23.3 Å². The van der Waals surface area contributed by atoms with E-state index < -0.39 is 0 Å². The highest BCUT2D eigenvalue weighted by Crippen LogP contribution is 2.23. The summed E-state index contributed by atoms with van der Waals surface area (Å²) in [5, 5.41) is 8.49. The standard InChI is InChI=1S/C18H16ClN3O3S/c19-12-5-7-13(8-6-12)21-16(23)4-1-9-20-17(24)14-11-26-18(22-14)15-3-2-10-25-15/h2-3,5-8,10-11H,1,4,9H2,(H,20,24)(H,21,23). The molecule has 0 radical (unpaired) electrons. The molecule has 26 heavy (non-hydrogen) atoms. The zero-order valence-corrected chi connectivity index (χ0v) is 15.3. The summed E-state index contributed by atoms with van der Waals surface area (Å²) in [5.74, 6) is 0.250. The number of amides is 2. The molecule has 1 aromatic carbocycles. The SMILES string of the molecule is O=C(CCCNC(=O)c1csc(-c2ccco2)n1)Nc1ccc(Cl)cc1. The van der Waals surface area contributed by atoms with Gasteiger partial charge in [0.1, 0.15) is 5.69 Å². The van der Waals surface area contributed by atoms with E-state index in [0.29, 0.717) is 46.6 Å². The fraction of sp³-hybridized carbons (Fsp3) is 0.167. The second-order valence-electron chi connectivity index (χ2n) is 5.43. The Bertz CT molecular complexity index is 875. The Morgan fingerprint density at radius 2 is 2.00 bits per heavy atom. The van der Waals surface area contributed by atoms with Crippen LogP contribution in [0, 0.1) is 0 Å². The molecule has 0 spiro atoms. The molecule has 0 saturated heterocycles. The van der Waals surface area contributed by atoms with Crippen molar-refractivity contribution in [1.29, 1.82) is 0 Å². The number of halogens is 1. The molecule has 2 N–H and O–H groups in total. The van der Waals surface area contributed by atoms with E-state index in [1.807, 2.05) is 0 Å². The van der Waals surface area contributed by atoms with E-state index in [-0.39, 0.29) is 11.8 Å². The first-order chi connectivity index (χ1) is 12.6. The van der Waals surface area contributed by atoms with E-state index in [9.17, 15) is 9.59 Å². The number of aromatic nitrogens is 1. The molecule has 0 bridgehead atoms. The third-order valence-corrected chi connectivity index (χ3v) is 4.57. The van der Waals surface area contributed by atoms with Crippen LogP contribution in [0.3, 0.4) is 0 Å². The highest BCUT2D eigenvalue weighted by atomic mass is 35.5. The van der Waals surface area contributed by atoms with Crippen molar-refractivity contribution in [3.05, 3.63) is 58.8 Å². The lowest BCUT2D eigenvalue weighted by atomic mass is 10.2. The van der Waals surface area contributed by atoms with Gasteiger partial charge in [0.05, 0.1) is 6.26 Å². The van der Waals surface area contributed by atoms with Crippen molar-refractivity contribution in [2.45, 2.75) is 12.8 Å². The summed E-state index contributed by atoms with van der Waals surface area (Å²) >= 11 is 7.14. The van der Waals surface area contributed by atoms with E-state index >= 15 is 0 Å². The minimum absolute atomic E-state index is 0.115. The van der Waals surface area contributed by atoms with E-state index in [2.05, 4.69) is 15.6 Å². The van der Waals surface area contributed by atoms with E-state index in [1.54, 1.807) is 48.0 Å². The molecule has 0 aliphatic carbocycles. The normalized spacial score (nSPS) is 10.5. The van der Waals surface area contributed by atoms with Crippen molar-refractivity contribution in [3.8, 4) is 10.8 Å². The highest BCUT2D eigenvalue weighted by molar-refractivity contribution is 7.13. The molecular formula is C18H16ClN3O3S. The van der Waals surface area contributed by atoms with Crippen molar-refractivity contribution < 1.29 is 14.0 Å². The Morgan fingerprint density at radius 3 is 2.73 bits per heavy atom. The van der Waals surface area contributed by atoms with Gasteiger partial charge in [-0.05, 0) is 42.8 Å². The van der Waals surface area contributed by atoms with Gasteiger partial charge in [-0.15, -0.1) is 11.3 Å². The average molecular weight is 390 g/mol. The molecule has 6 nitrogen and oxygen atoms in total. The summed E-state index contributed by atoms with van der Waals surface area (Å²) in [6.45, 7) is 0.389. The smallest absolute Gasteiger partial charge is 0.270 e. The molecule has 3 aromatic rings. The van der Waals surface area contributed by atoms with Gasteiger partial charge in [-0.1, -0.05) is 11.6 Å². The van der Waals surface area contributed by atoms with Gasteiger partial charge in [0, 0.05) is 29.1 Å². The molecule has 2 heterocycles. The minimum Gasteiger partial charge on any atom is -0.462 e. The van der Waals surface area contributed by atoms with Crippen molar-refractivity contribution >= 4 is 40.4 Å². The van der Waals surface area contributed by atoms with Crippen LogP contribution in [-0.2, 0) is 4.79 Å². The summed E-state index contributed by atoms with van der Waals surface area (Å²) in [5.41, 5.74) is 1.03. The van der Waals surface area contributed by atoms with Gasteiger partial charge in [0.25, 0.3) is 5.91 Å². The monoisotopic (exact) mass is 389 g/mol. The fourth-order valence-corrected chi connectivity index (χ4v) is 3.08. The van der Waals surface area contributed by atoms with Crippen molar-refractivity contribution in [2.75, 3.05) is 11.9 Å². The molecule has 0 atom stereocenters. The molecule has 0 saturated carbocycles. The third kappa shape index (κ3) is 4.93. The van der Waals surface area contributed by atoms with Gasteiger partial charge in [0.2, 0.25) is 5.91 Å². The number of hydrogen-bond acceptors (Lipinski definition) is 5. The van der Waals surface area contributed by atoms with Crippen molar-refractivity contribution in [2.24, 2.45) is 0 Å². The second-order valence-corrected chi connectivity index (χ2v) is 6.72. The molecule has 0 aliphatic heterocycles. The Kier molecular flexibility index (Phi) is 6.04. The summed E-state index contributed by atoms with van der Waals surface area (Å²) in [6.07, 6.45) is 2.39. The van der Waals surface area contributed by atoms with E-state index in [0.717, 1.165) is 0 Å². The van der Waals surface area contributed by atoms with Crippen molar-refractivity contribution in [3.63, 3.8) is 0 Å². The summed E-state index contributed by atoms with van der Waals surface area (Å²) < 4.78 is 5.26. The van der Waals surface area contributed by atoms with Crippen molar-refractivity contribution in [1.82, 2.24) is 10.3 Å². The number of rotatable bonds is 7. The molecule has 8 heteroatoms. The zero-order valence-electron chi connectivity index (χ0n) is 13.7. The van der Waals surface area contributed by atoms with Crippen LogP contribution in [0.25, 0.3) is 10.8 Å². The number of nitrogens with zero attached hydrogens (tertiary/aromatic N) is 1. The third-order valence-electron chi connectivity index (χ3n) is 3.46. The molecule has 134 valence electrons. The number of nitrogens with one attached hydrogen (secondary N) is 2. The minimum atomic E-state index is -0.267. The number of carbonyl (C=O) groups is 2. The van der Waals surface area contributed by atoms with Crippen LogP contribution < -0.4 is 10.6 Å². The van der Waals surface area contributed by atoms with Crippen LogP contribution in [0.4, 0.5) is 5.69 Å².